The van der Waals surface area contributed by atoms with Crippen LogP contribution in [0.1, 0.15) is 38.1 Å². The summed E-state index contributed by atoms with van der Waals surface area (Å²) in [5.74, 6) is 0.110. The lowest BCUT2D eigenvalue weighted by atomic mass is 10.2. The van der Waals surface area contributed by atoms with E-state index in [0.717, 1.165) is 18.1 Å². The zero-order valence-corrected chi connectivity index (χ0v) is 13.7. The molecule has 0 saturated heterocycles. The molecule has 0 fully saturated rings. The number of hydrogen-bond acceptors (Lipinski definition) is 6. The fourth-order valence-corrected chi connectivity index (χ4v) is 2.32. The Morgan fingerprint density at radius 3 is 2.60 bits per heavy atom. The summed E-state index contributed by atoms with van der Waals surface area (Å²) in [6.07, 6.45) is 0. The summed E-state index contributed by atoms with van der Waals surface area (Å²) >= 11 is 1.23. The van der Waals surface area contributed by atoms with Gasteiger partial charge in [-0.3, -0.25) is 4.79 Å². The molecule has 0 aliphatic carbocycles. The number of nitrogen functional groups attached to an aromatic ring is 1. The van der Waals surface area contributed by atoms with Gasteiger partial charge >= 0.3 is 0 Å². The Hall–Kier alpha value is -1.34. The number of likely N-dealkylation sites (N-methyl/N-ethyl adjacent to an activating group) is 1. The third-order valence-electron chi connectivity index (χ3n) is 3.00. The largest absolute Gasteiger partial charge is 0.382 e. The number of rotatable bonds is 7. The van der Waals surface area contributed by atoms with Crippen molar-refractivity contribution in [2.75, 3.05) is 31.2 Å². The van der Waals surface area contributed by atoms with Crippen LogP contribution in [0.3, 0.4) is 0 Å². The van der Waals surface area contributed by atoms with Gasteiger partial charge in [0, 0.05) is 25.2 Å². The van der Waals surface area contributed by atoms with Gasteiger partial charge in [0.05, 0.1) is 0 Å². The molecule has 1 rings (SSSR count). The molecule has 0 radical (unpaired) electrons. The van der Waals surface area contributed by atoms with Gasteiger partial charge in [0.25, 0.3) is 5.91 Å². The molecule has 0 saturated carbocycles. The number of carbonyl (C=O) groups excluding carboxylic acids is 1. The minimum atomic E-state index is -0.175. The van der Waals surface area contributed by atoms with Crippen molar-refractivity contribution >= 4 is 28.3 Å². The van der Waals surface area contributed by atoms with Crippen molar-refractivity contribution in [1.82, 2.24) is 14.6 Å². The number of anilines is 2. The predicted octanol–water partition coefficient (Wildman–Crippen LogP) is 1.62. The highest BCUT2D eigenvalue weighted by Crippen LogP contribution is 2.26. The van der Waals surface area contributed by atoms with E-state index in [-0.39, 0.29) is 17.8 Å². The van der Waals surface area contributed by atoms with E-state index in [1.165, 1.54) is 11.5 Å². The molecule has 114 valence electrons. The van der Waals surface area contributed by atoms with Gasteiger partial charge in [-0.25, -0.2) is 0 Å². The lowest BCUT2D eigenvalue weighted by molar-refractivity contribution is 0.0945. The average Bonchev–Trinajstić information content (AvgIpc) is 2.69. The molecule has 4 N–H and O–H groups in total. The maximum atomic E-state index is 12.1. The zero-order chi connectivity index (χ0) is 15.3. The third kappa shape index (κ3) is 4.64. The highest BCUT2D eigenvalue weighted by atomic mass is 32.1. The molecule has 0 aliphatic rings. The molecule has 6 nitrogen and oxygen atoms in total. The predicted molar refractivity (Wildman–Crippen MR) is 85.4 cm³/mol. The molecule has 20 heavy (non-hydrogen) atoms. The van der Waals surface area contributed by atoms with Gasteiger partial charge < -0.3 is 21.3 Å². The third-order valence-corrected chi connectivity index (χ3v) is 3.82. The van der Waals surface area contributed by atoms with Crippen LogP contribution in [0.25, 0.3) is 0 Å². The number of nitrogens with one attached hydrogen (secondary N) is 2. The van der Waals surface area contributed by atoms with Gasteiger partial charge in [0.2, 0.25) is 0 Å². The first-order chi connectivity index (χ1) is 9.32. The quantitative estimate of drug-likeness (QED) is 0.712. The number of nitrogens with zero attached hydrogens (tertiary/aromatic N) is 2. The highest BCUT2D eigenvalue weighted by molar-refractivity contribution is 7.11. The molecular weight excluding hydrogens is 274 g/mol. The SMILES string of the molecule is CC(C)NC(=O)c1c(N)nsc1NCCN(C)C(C)C. The summed E-state index contributed by atoms with van der Waals surface area (Å²) < 4.78 is 4.06. The Morgan fingerprint density at radius 1 is 1.40 bits per heavy atom. The molecule has 0 spiro atoms. The van der Waals surface area contributed by atoms with Gasteiger partial charge in [-0.2, -0.15) is 4.37 Å². The van der Waals surface area contributed by atoms with Crippen molar-refractivity contribution in [3.63, 3.8) is 0 Å². The van der Waals surface area contributed by atoms with Gasteiger partial charge in [0.1, 0.15) is 10.6 Å². The van der Waals surface area contributed by atoms with E-state index < -0.39 is 0 Å². The van der Waals surface area contributed by atoms with Crippen LogP contribution in [0.15, 0.2) is 0 Å². The van der Waals surface area contributed by atoms with Crippen LogP contribution in [-0.4, -0.2) is 47.4 Å². The Bertz CT molecular complexity index is 444. The number of aromatic nitrogens is 1. The van der Waals surface area contributed by atoms with Gasteiger partial charge in [0.15, 0.2) is 5.82 Å². The van der Waals surface area contributed by atoms with Gasteiger partial charge in [-0.05, 0) is 46.3 Å². The molecule has 7 heteroatoms. The van der Waals surface area contributed by atoms with Crippen molar-refractivity contribution in [3.05, 3.63) is 5.56 Å². The second kappa shape index (κ2) is 7.44. The number of hydrogen-bond donors (Lipinski definition) is 3. The summed E-state index contributed by atoms with van der Waals surface area (Å²) in [5.41, 5.74) is 6.24. The van der Waals surface area contributed by atoms with Crippen molar-refractivity contribution in [3.8, 4) is 0 Å². The van der Waals surface area contributed by atoms with Crippen LogP contribution in [-0.2, 0) is 0 Å². The topological polar surface area (TPSA) is 83.3 Å². The Balaban J connectivity index is 2.65. The van der Waals surface area contributed by atoms with Crippen LogP contribution in [0, 0.1) is 0 Å². The maximum Gasteiger partial charge on any atom is 0.258 e. The second-order valence-electron chi connectivity index (χ2n) is 5.40. The van der Waals surface area contributed by atoms with Crippen LogP contribution < -0.4 is 16.4 Å². The first-order valence-electron chi connectivity index (χ1n) is 6.83. The van der Waals surface area contributed by atoms with Crippen LogP contribution in [0.4, 0.5) is 10.8 Å². The minimum Gasteiger partial charge on any atom is -0.382 e. The second-order valence-corrected chi connectivity index (χ2v) is 6.17. The maximum absolute atomic E-state index is 12.1. The van der Waals surface area contributed by atoms with Crippen LogP contribution in [0.5, 0.6) is 0 Å². The average molecular weight is 299 g/mol. The van der Waals surface area contributed by atoms with Crippen molar-refractivity contribution in [2.24, 2.45) is 0 Å². The molecule has 0 unspecified atom stereocenters. The smallest absolute Gasteiger partial charge is 0.258 e. The van der Waals surface area contributed by atoms with Crippen molar-refractivity contribution in [1.29, 1.82) is 0 Å². The van der Waals surface area contributed by atoms with Crippen LogP contribution in [0.2, 0.25) is 0 Å². The Kier molecular flexibility index (Phi) is 6.22. The highest BCUT2D eigenvalue weighted by Gasteiger charge is 2.19. The number of amides is 1. The lowest BCUT2D eigenvalue weighted by Crippen LogP contribution is -2.32. The van der Waals surface area contributed by atoms with Crippen molar-refractivity contribution < 1.29 is 4.79 Å². The van der Waals surface area contributed by atoms with E-state index >= 15 is 0 Å². The molecule has 1 amide bonds. The number of carbonyl (C=O) groups is 1. The number of nitrogens with two attached hydrogens (primary N) is 1. The van der Waals surface area contributed by atoms with Gasteiger partial charge in [-0.1, -0.05) is 0 Å². The van der Waals surface area contributed by atoms with E-state index in [4.69, 9.17) is 5.73 Å². The van der Waals surface area contributed by atoms with Crippen LogP contribution >= 0.6 is 11.5 Å². The first kappa shape index (κ1) is 16.7. The van der Waals surface area contributed by atoms with Gasteiger partial charge in [-0.15, -0.1) is 0 Å². The minimum absolute atomic E-state index is 0.0710. The van der Waals surface area contributed by atoms with E-state index in [1.54, 1.807) is 0 Å². The van der Waals surface area contributed by atoms with E-state index in [9.17, 15) is 4.79 Å². The van der Waals surface area contributed by atoms with E-state index in [0.29, 0.717) is 11.6 Å². The molecule has 0 atom stereocenters. The molecule has 1 aromatic rings. The fourth-order valence-electron chi connectivity index (χ4n) is 1.58. The molecule has 1 aromatic heterocycles. The summed E-state index contributed by atoms with van der Waals surface area (Å²) in [5, 5.41) is 6.82. The van der Waals surface area contributed by atoms with E-state index in [1.807, 2.05) is 13.8 Å². The summed E-state index contributed by atoms with van der Waals surface area (Å²) in [6, 6.07) is 0.564. The zero-order valence-electron chi connectivity index (χ0n) is 12.9. The van der Waals surface area contributed by atoms with Crippen molar-refractivity contribution in [2.45, 2.75) is 39.8 Å². The summed E-state index contributed by atoms with van der Waals surface area (Å²) in [4.78, 5) is 14.3. The fraction of sp³-hybridized carbons (Fsp3) is 0.692. The lowest BCUT2D eigenvalue weighted by Gasteiger charge is -2.21. The summed E-state index contributed by atoms with van der Waals surface area (Å²) in [6.45, 7) is 9.76. The summed E-state index contributed by atoms with van der Waals surface area (Å²) in [7, 11) is 2.07. The molecule has 0 aromatic carbocycles. The normalized spacial score (nSPS) is 11.4. The Labute approximate surface area is 124 Å². The van der Waals surface area contributed by atoms with E-state index in [2.05, 4.69) is 40.8 Å². The Morgan fingerprint density at radius 2 is 2.05 bits per heavy atom. The molecular formula is C13H25N5OS. The molecule has 1 heterocycles. The monoisotopic (exact) mass is 299 g/mol. The molecule has 0 aliphatic heterocycles. The first-order valence-corrected chi connectivity index (χ1v) is 7.60. The molecule has 0 bridgehead atoms. The standard InChI is InChI=1S/C13H25N5OS/c1-8(2)16-12(19)10-11(14)17-20-13(10)15-6-7-18(5)9(3)4/h8-9,15H,6-7H2,1-5H3,(H2,14,17)(H,16,19).